The van der Waals surface area contributed by atoms with E-state index in [-0.39, 0.29) is 17.4 Å². The van der Waals surface area contributed by atoms with Crippen molar-refractivity contribution in [2.24, 2.45) is 0 Å². The quantitative estimate of drug-likeness (QED) is 0.511. The van der Waals surface area contributed by atoms with Crippen LogP contribution in [0, 0.1) is 6.92 Å². The number of amides is 2. The van der Waals surface area contributed by atoms with Crippen LogP contribution in [-0.4, -0.2) is 33.9 Å². The van der Waals surface area contributed by atoms with Gasteiger partial charge in [-0.25, -0.2) is 8.42 Å². The topological polar surface area (TPSA) is 123 Å². The lowest BCUT2D eigenvalue weighted by Crippen LogP contribution is -2.25. The highest BCUT2D eigenvalue weighted by atomic mass is 32.2. The van der Waals surface area contributed by atoms with Crippen molar-refractivity contribution in [3.05, 3.63) is 71.8 Å². The second kappa shape index (κ2) is 8.83. The Morgan fingerprint density at radius 3 is 2.67 bits per heavy atom. The number of hydrogen-bond donors (Lipinski definition) is 3. The van der Waals surface area contributed by atoms with Gasteiger partial charge in [0.2, 0.25) is 0 Å². The van der Waals surface area contributed by atoms with E-state index in [1.54, 1.807) is 49.4 Å². The van der Waals surface area contributed by atoms with Crippen LogP contribution in [0.2, 0.25) is 0 Å². The summed E-state index contributed by atoms with van der Waals surface area (Å²) in [6.45, 7) is 1.54. The van der Waals surface area contributed by atoms with Gasteiger partial charge in [-0.1, -0.05) is 18.2 Å². The minimum Gasteiger partial charge on any atom is -0.495 e. The van der Waals surface area contributed by atoms with E-state index in [1.807, 2.05) is 0 Å². The molecule has 0 bridgehead atoms. The van der Waals surface area contributed by atoms with Gasteiger partial charge in [-0.2, -0.15) is 0 Å². The average Bonchev–Trinajstić information content (AvgIpc) is 2.80. The van der Waals surface area contributed by atoms with E-state index in [2.05, 4.69) is 15.4 Å². The summed E-state index contributed by atoms with van der Waals surface area (Å²) >= 11 is 0. The Morgan fingerprint density at radius 1 is 1.09 bits per heavy atom. The number of carbonyl (C=O) groups excluding carboxylic acids is 2. The zero-order valence-electron chi connectivity index (χ0n) is 17.8. The van der Waals surface area contributed by atoms with Gasteiger partial charge in [0.1, 0.15) is 11.5 Å². The molecule has 3 aromatic carbocycles. The van der Waals surface area contributed by atoms with E-state index in [0.717, 1.165) is 0 Å². The zero-order valence-corrected chi connectivity index (χ0v) is 18.7. The lowest BCUT2D eigenvalue weighted by atomic mass is 10.1. The molecule has 170 valence electrons. The number of carbonyl (C=O) groups is 2. The molecule has 9 nitrogen and oxygen atoms in total. The third-order valence-electron chi connectivity index (χ3n) is 4.96. The maximum absolute atomic E-state index is 13.1. The van der Waals surface area contributed by atoms with Gasteiger partial charge in [0.05, 0.1) is 23.4 Å². The summed E-state index contributed by atoms with van der Waals surface area (Å²) in [7, 11) is -2.51. The first-order valence-corrected chi connectivity index (χ1v) is 11.4. The standard InChI is InChI=1S/C23H21N3O6S/c1-14-7-9-16(12-21(14)33(29,30)26-18-5-3-4-6-19(18)31-2)24-23(28)15-8-10-17-20(11-15)32-13-22(27)25-17/h3-12,26H,13H2,1-2H3,(H,24,28)(H,25,27). The fourth-order valence-corrected chi connectivity index (χ4v) is 4.66. The molecule has 0 radical (unpaired) electrons. The Kier molecular flexibility index (Phi) is 5.93. The normalized spacial score (nSPS) is 12.7. The van der Waals surface area contributed by atoms with Gasteiger partial charge in [-0.05, 0) is 55.0 Å². The molecule has 0 unspecified atom stereocenters. The predicted molar refractivity (Wildman–Crippen MR) is 124 cm³/mol. The van der Waals surface area contributed by atoms with Gasteiger partial charge in [0, 0.05) is 11.3 Å². The van der Waals surface area contributed by atoms with E-state index in [1.165, 1.54) is 25.3 Å². The number of aryl methyl sites for hydroxylation is 1. The van der Waals surface area contributed by atoms with E-state index >= 15 is 0 Å². The van der Waals surface area contributed by atoms with Crippen molar-refractivity contribution in [1.29, 1.82) is 0 Å². The highest BCUT2D eigenvalue weighted by Crippen LogP contribution is 2.30. The minimum atomic E-state index is -3.96. The lowest BCUT2D eigenvalue weighted by Gasteiger charge is -2.18. The molecule has 33 heavy (non-hydrogen) atoms. The van der Waals surface area contributed by atoms with E-state index < -0.39 is 15.9 Å². The minimum absolute atomic E-state index is 0.0164. The molecule has 2 amide bonds. The maximum atomic E-state index is 13.1. The molecule has 0 aliphatic carbocycles. The Balaban J connectivity index is 1.57. The predicted octanol–water partition coefficient (Wildman–Crippen LogP) is 3.39. The van der Waals surface area contributed by atoms with Gasteiger partial charge < -0.3 is 20.1 Å². The van der Waals surface area contributed by atoms with Gasteiger partial charge >= 0.3 is 0 Å². The van der Waals surface area contributed by atoms with Crippen LogP contribution in [0.25, 0.3) is 0 Å². The van der Waals surface area contributed by atoms with Crippen LogP contribution >= 0.6 is 0 Å². The number of methoxy groups -OCH3 is 1. The Hall–Kier alpha value is -4.05. The number of ether oxygens (including phenoxy) is 2. The summed E-state index contributed by atoms with van der Waals surface area (Å²) in [5.74, 6) is 0.0439. The van der Waals surface area contributed by atoms with Gasteiger partial charge in [-0.3, -0.25) is 14.3 Å². The zero-order chi connectivity index (χ0) is 23.6. The first-order chi connectivity index (χ1) is 15.8. The van der Waals surface area contributed by atoms with Crippen molar-refractivity contribution in [3.63, 3.8) is 0 Å². The second-order valence-corrected chi connectivity index (χ2v) is 8.94. The third kappa shape index (κ3) is 4.75. The summed E-state index contributed by atoms with van der Waals surface area (Å²) in [6, 6.07) is 15.9. The van der Waals surface area contributed by atoms with Gasteiger partial charge in [0.25, 0.3) is 21.8 Å². The number of benzene rings is 3. The molecule has 1 aliphatic heterocycles. The molecule has 1 heterocycles. The smallest absolute Gasteiger partial charge is 0.262 e. The fourth-order valence-electron chi connectivity index (χ4n) is 3.32. The molecule has 0 fully saturated rings. The molecule has 0 saturated carbocycles. The number of anilines is 3. The second-order valence-electron chi connectivity index (χ2n) is 7.29. The van der Waals surface area contributed by atoms with Crippen LogP contribution in [-0.2, 0) is 14.8 Å². The number of nitrogens with one attached hydrogen (secondary N) is 3. The average molecular weight is 468 g/mol. The van der Waals surface area contributed by atoms with Gasteiger partial charge in [-0.15, -0.1) is 0 Å². The van der Waals surface area contributed by atoms with Crippen molar-refractivity contribution in [1.82, 2.24) is 0 Å². The van der Waals surface area contributed by atoms with E-state index in [9.17, 15) is 18.0 Å². The maximum Gasteiger partial charge on any atom is 0.262 e. The highest BCUT2D eigenvalue weighted by molar-refractivity contribution is 7.92. The van der Waals surface area contributed by atoms with Crippen LogP contribution in [0.15, 0.2) is 65.6 Å². The molecule has 0 aromatic heterocycles. The number of rotatable bonds is 6. The Bertz CT molecular complexity index is 1350. The summed E-state index contributed by atoms with van der Waals surface area (Å²) < 4.78 is 39.2. The molecule has 0 spiro atoms. The summed E-state index contributed by atoms with van der Waals surface area (Å²) in [6.07, 6.45) is 0. The Morgan fingerprint density at radius 2 is 1.88 bits per heavy atom. The van der Waals surface area contributed by atoms with Crippen molar-refractivity contribution >= 4 is 38.9 Å². The first kappa shape index (κ1) is 22.2. The fraction of sp³-hybridized carbons (Fsp3) is 0.130. The summed E-state index contributed by atoms with van der Waals surface area (Å²) in [5, 5.41) is 5.36. The molecule has 0 atom stereocenters. The first-order valence-electron chi connectivity index (χ1n) is 9.91. The van der Waals surface area contributed by atoms with Crippen LogP contribution in [0.5, 0.6) is 11.5 Å². The van der Waals surface area contributed by atoms with Crippen LogP contribution in [0.4, 0.5) is 17.1 Å². The molecule has 3 aromatic rings. The third-order valence-corrected chi connectivity index (χ3v) is 6.47. The number of hydrogen-bond acceptors (Lipinski definition) is 6. The number of fused-ring (bicyclic) bond motifs is 1. The summed E-state index contributed by atoms with van der Waals surface area (Å²) in [5.41, 5.74) is 1.89. The summed E-state index contributed by atoms with van der Waals surface area (Å²) in [4.78, 5) is 24.2. The van der Waals surface area contributed by atoms with Crippen molar-refractivity contribution < 1.29 is 27.5 Å². The van der Waals surface area contributed by atoms with Crippen molar-refractivity contribution in [2.75, 3.05) is 29.1 Å². The number of para-hydroxylation sites is 2. The molecule has 1 aliphatic rings. The number of sulfonamides is 1. The van der Waals surface area contributed by atoms with Crippen LogP contribution in [0.3, 0.4) is 0 Å². The Labute approximate surface area is 190 Å². The van der Waals surface area contributed by atoms with Crippen molar-refractivity contribution in [3.8, 4) is 11.5 Å². The highest BCUT2D eigenvalue weighted by Gasteiger charge is 2.21. The van der Waals surface area contributed by atoms with Crippen LogP contribution < -0.4 is 24.8 Å². The lowest BCUT2D eigenvalue weighted by molar-refractivity contribution is -0.118. The van der Waals surface area contributed by atoms with E-state index in [0.29, 0.717) is 39.7 Å². The largest absolute Gasteiger partial charge is 0.495 e. The SMILES string of the molecule is COc1ccccc1NS(=O)(=O)c1cc(NC(=O)c2ccc3c(c2)OCC(=O)N3)ccc1C. The molecular weight excluding hydrogens is 446 g/mol. The molecule has 10 heteroatoms. The molecule has 3 N–H and O–H groups in total. The van der Waals surface area contributed by atoms with E-state index in [4.69, 9.17) is 9.47 Å². The molecule has 4 rings (SSSR count). The molecular formula is C23H21N3O6S. The van der Waals surface area contributed by atoms with Crippen molar-refractivity contribution in [2.45, 2.75) is 11.8 Å². The molecule has 0 saturated heterocycles. The monoisotopic (exact) mass is 467 g/mol. The van der Waals surface area contributed by atoms with Gasteiger partial charge in [0.15, 0.2) is 6.61 Å². The van der Waals surface area contributed by atoms with Crippen LogP contribution in [0.1, 0.15) is 15.9 Å².